The molecular weight excluding hydrogens is 502 g/mol. The predicted molar refractivity (Wildman–Crippen MR) is 136 cm³/mol. The fourth-order valence-corrected chi connectivity index (χ4v) is 3.38. The summed E-state index contributed by atoms with van der Waals surface area (Å²) in [6.45, 7) is 2.94. The maximum absolute atomic E-state index is 12.3. The Hall–Kier alpha value is -3.06. The first-order chi connectivity index (χ1) is 18.2. The first kappa shape index (κ1) is 34.9. The van der Waals surface area contributed by atoms with Crippen molar-refractivity contribution in [2.75, 3.05) is 39.5 Å². The molecule has 0 fully saturated rings. The topological polar surface area (TPSA) is 197 Å². The van der Waals surface area contributed by atoms with E-state index in [1.165, 1.54) is 13.2 Å². The molecule has 0 aromatic heterocycles. The second-order valence-electron chi connectivity index (χ2n) is 8.57. The minimum atomic E-state index is -1.54. The van der Waals surface area contributed by atoms with Gasteiger partial charge in [0.2, 0.25) is 17.7 Å². The average molecular weight is 545 g/mol. The molecule has 13 heteroatoms. The van der Waals surface area contributed by atoms with Crippen LogP contribution in [0.5, 0.6) is 0 Å². The normalized spacial score (nSPS) is 12.2. The highest BCUT2D eigenvalue weighted by Crippen LogP contribution is 2.10. The Labute approximate surface area is 223 Å². The minimum absolute atomic E-state index is 0.0329. The Morgan fingerprint density at radius 1 is 0.763 bits per heavy atom. The van der Waals surface area contributed by atoms with E-state index in [9.17, 15) is 33.9 Å². The molecule has 0 aliphatic heterocycles. The largest absolute Gasteiger partial charge is 0.481 e. The molecule has 5 N–H and O–H groups in total. The Morgan fingerprint density at radius 2 is 1.32 bits per heavy atom. The van der Waals surface area contributed by atoms with E-state index in [2.05, 4.69) is 16.0 Å². The van der Waals surface area contributed by atoms with Crippen LogP contribution in [0.4, 0.5) is 0 Å². The third-order valence-electron chi connectivity index (χ3n) is 5.48. The maximum atomic E-state index is 12.3. The molecular formula is C25H42N3O10. The van der Waals surface area contributed by atoms with E-state index in [-0.39, 0.29) is 45.1 Å². The average Bonchev–Trinajstić information content (AvgIpc) is 2.87. The lowest BCUT2D eigenvalue weighted by molar-refractivity contribution is -0.146. The van der Waals surface area contributed by atoms with Crippen molar-refractivity contribution < 1.29 is 48.5 Å². The quantitative estimate of drug-likeness (QED) is 0.101. The summed E-state index contributed by atoms with van der Waals surface area (Å²) < 4.78 is 10.7. The van der Waals surface area contributed by atoms with Gasteiger partial charge in [-0.2, -0.15) is 0 Å². The number of carboxylic acids is 2. The van der Waals surface area contributed by atoms with E-state index < -0.39 is 42.1 Å². The number of amides is 3. The van der Waals surface area contributed by atoms with Gasteiger partial charge in [0.1, 0.15) is 6.04 Å². The number of carbonyl (C=O) groups is 5. The molecule has 2 atom stereocenters. The van der Waals surface area contributed by atoms with E-state index >= 15 is 0 Å². The first-order valence-electron chi connectivity index (χ1n) is 13.0. The lowest BCUT2D eigenvalue weighted by Crippen LogP contribution is -2.51. The second-order valence-corrected chi connectivity index (χ2v) is 8.57. The van der Waals surface area contributed by atoms with Crippen molar-refractivity contribution in [3.05, 3.63) is 0 Å². The molecule has 1 radical (unpaired) electrons. The number of unbranched alkanes of at least 4 members (excludes halogenated alkanes) is 5. The van der Waals surface area contributed by atoms with Gasteiger partial charge < -0.3 is 35.6 Å². The SMILES string of the molecule is CCC(=O)N[C@H](C(=O)O)C(C[C]=O)C(=O)NCCOCCOCCNC(=O)CCCCCCCCC(=O)O. The van der Waals surface area contributed by atoms with Crippen molar-refractivity contribution in [2.45, 2.75) is 77.2 Å². The minimum Gasteiger partial charge on any atom is -0.481 e. The molecule has 3 amide bonds. The number of carboxylic acid groups (broad SMARTS) is 2. The van der Waals surface area contributed by atoms with Crippen molar-refractivity contribution in [3.8, 4) is 0 Å². The Balaban J connectivity index is 3.82. The summed E-state index contributed by atoms with van der Waals surface area (Å²) in [4.78, 5) is 68.3. The van der Waals surface area contributed by atoms with Crippen LogP contribution in [0, 0.1) is 5.92 Å². The molecule has 1 unspecified atom stereocenters. The van der Waals surface area contributed by atoms with E-state index in [4.69, 9.17) is 14.6 Å². The summed E-state index contributed by atoms with van der Waals surface area (Å²) in [6.07, 6.45) is 6.98. The monoisotopic (exact) mass is 544 g/mol. The standard InChI is InChI=1S/C25H42N3O10/c1-2-20(30)28-23(25(35)36)19(11-14-29)24(34)27-13-16-38-18-17-37-15-12-26-21(31)9-7-5-3-4-6-8-10-22(32)33/h19,23H,2-13,15-18H2,1H3,(H,26,31)(H,27,34)(H,28,30)(H,32,33)(H,35,36)/t19?,23-/m0/s1. The van der Waals surface area contributed by atoms with Crippen LogP contribution < -0.4 is 16.0 Å². The highest BCUT2D eigenvalue weighted by atomic mass is 16.5. The molecule has 0 heterocycles. The fraction of sp³-hybridized carbons (Fsp3) is 0.760. The number of rotatable bonds is 25. The van der Waals surface area contributed by atoms with Crippen LogP contribution in [0.2, 0.25) is 0 Å². The zero-order valence-electron chi connectivity index (χ0n) is 22.1. The van der Waals surface area contributed by atoms with Gasteiger partial charge in [-0.3, -0.25) is 24.0 Å². The van der Waals surface area contributed by atoms with Crippen molar-refractivity contribution in [3.63, 3.8) is 0 Å². The number of aliphatic carboxylic acids is 2. The summed E-state index contributed by atoms with van der Waals surface area (Å²) >= 11 is 0. The third kappa shape index (κ3) is 19.1. The van der Waals surface area contributed by atoms with Crippen LogP contribution in [0.15, 0.2) is 0 Å². The van der Waals surface area contributed by atoms with Gasteiger partial charge in [0, 0.05) is 38.8 Å². The molecule has 217 valence electrons. The molecule has 0 aliphatic rings. The molecule has 38 heavy (non-hydrogen) atoms. The number of hydrogen-bond acceptors (Lipinski definition) is 8. The third-order valence-corrected chi connectivity index (χ3v) is 5.48. The van der Waals surface area contributed by atoms with Crippen molar-refractivity contribution in [1.82, 2.24) is 16.0 Å². The van der Waals surface area contributed by atoms with E-state index in [1.54, 1.807) is 0 Å². The van der Waals surface area contributed by atoms with Gasteiger partial charge in [0.15, 0.2) is 6.29 Å². The number of ether oxygens (including phenoxy) is 2. The van der Waals surface area contributed by atoms with E-state index in [0.717, 1.165) is 32.1 Å². The summed E-state index contributed by atoms with van der Waals surface area (Å²) in [6, 6.07) is -1.54. The van der Waals surface area contributed by atoms with Gasteiger partial charge >= 0.3 is 11.9 Å². The van der Waals surface area contributed by atoms with Gasteiger partial charge in [0.25, 0.3) is 0 Å². The van der Waals surface area contributed by atoms with Crippen LogP contribution in [-0.4, -0.2) is 91.7 Å². The van der Waals surface area contributed by atoms with Crippen molar-refractivity contribution in [2.24, 2.45) is 5.92 Å². The highest BCUT2D eigenvalue weighted by molar-refractivity contribution is 5.91. The van der Waals surface area contributed by atoms with Crippen molar-refractivity contribution >= 4 is 35.9 Å². The van der Waals surface area contributed by atoms with Crippen LogP contribution in [-0.2, 0) is 38.2 Å². The fourth-order valence-electron chi connectivity index (χ4n) is 3.38. The molecule has 0 rings (SSSR count). The van der Waals surface area contributed by atoms with Crippen LogP contribution in [0.25, 0.3) is 0 Å². The van der Waals surface area contributed by atoms with Gasteiger partial charge in [0.05, 0.1) is 32.3 Å². The molecule has 0 saturated carbocycles. The zero-order chi connectivity index (χ0) is 28.6. The molecule has 0 aromatic rings. The molecule has 0 aromatic carbocycles. The van der Waals surface area contributed by atoms with Gasteiger partial charge in [-0.15, -0.1) is 0 Å². The van der Waals surface area contributed by atoms with Crippen LogP contribution in [0.3, 0.4) is 0 Å². The summed E-state index contributed by atoms with van der Waals surface area (Å²) in [7, 11) is 0. The summed E-state index contributed by atoms with van der Waals surface area (Å²) in [5, 5.41) is 25.4. The molecule has 0 spiro atoms. The summed E-state index contributed by atoms with van der Waals surface area (Å²) in [5.74, 6) is -4.79. The highest BCUT2D eigenvalue weighted by Gasteiger charge is 2.34. The van der Waals surface area contributed by atoms with Gasteiger partial charge in [-0.25, -0.2) is 4.79 Å². The maximum Gasteiger partial charge on any atom is 0.327 e. The first-order valence-corrected chi connectivity index (χ1v) is 13.0. The number of carbonyl (C=O) groups excluding carboxylic acids is 4. The van der Waals surface area contributed by atoms with E-state index in [1.807, 2.05) is 0 Å². The Bertz CT molecular complexity index is 732. The molecule has 13 nitrogen and oxygen atoms in total. The lowest BCUT2D eigenvalue weighted by atomic mass is 9.95. The molecule has 0 saturated heterocycles. The van der Waals surface area contributed by atoms with Crippen LogP contribution in [0.1, 0.15) is 71.1 Å². The zero-order valence-corrected chi connectivity index (χ0v) is 22.1. The number of hydrogen-bond donors (Lipinski definition) is 5. The molecule has 0 bridgehead atoms. The van der Waals surface area contributed by atoms with Gasteiger partial charge in [-0.1, -0.05) is 32.6 Å². The van der Waals surface area contributed by atoms with Gasteiger partial charge in [-0.05, 0) is 12.8 Å². The second kappa shape index (κ2) is 23.1. The van der Waals surface area contributed by atoms with Crippen LogP contribution >= 0.6 is 0 Å². The smallest absolute Gasteiger partial charge is 0.327 e. The molecule has 0 aliphatic carbocycles. The lowest BCUT2D eigenvalue weighted by Gasteiger charge is -2.22. The van der Waals surface area contributed by atoms with Crippen molar-refractivity contribution in [1.29, 1.82) is 0 Å². The number of nitrogens with one attached hydrogen (secondary N) is 3. The van der Waals surface area contributed by atoms with E-state index in [0.29, 0.717) is 26.0 Å². The Kier molecular flexibility index (Phi) is 21.2. The Morgan fingerprint density at radius 3 is 1.84 bits per heavy atom. The summed E-state index contributed by atoms with van der Waals surface area (Å²) in [5.41, 5.74) is 0. The predicted octanol–water partition coefficient (Wildman–Crippen LogP) is 0.553.